The Morgan fingerprint density at radius 1 is 1.35 bits per heavy atom. The van der Waals surface area contributed by atoms with E-state index in [4.69, 9.17) is 10.3 Å². The minimum Gasteiger partial charge on any atom is -0.352 e. The number of hydrogen-bond donors (Lipinski definition) is 2. The SMILES string of the molecule is NC(N)=O.[N-]=[N+]=NC(=O)c1csc(-c2ccccn2)n1. The predicted molar refractivity (Wildman–Crippen MR) is 72.6 cm³/mol. The van der Waals surface area contributed by atoms with Gasteiger partial charge < -0.3 is 11.5 Å². The summed E-state index contributed by atoms with van der Waals surface area (Å²) in [6, 6.07) is 4.59. The average Bonchev–Trinajstić information content (AvgIpc) is 2.89. The molecule has 0 aromatic carbocycles. The van der Waals surface area contributed by atoms with Crippen LogP contribution in [0.15, 0.2) is 34.9 Å². The number of urea groups is 1. The number of thiazole rings is 1. The summed E-state index contributed by atoms with van der Waals surface area (Å²) in [5, 5.41) is 5.13. The Morgan fingerprint density at radius 2 is 2.05 bits per heavy atom. The fourth-order valence-electron chi connectivity index (χ4n) is 1.07. The van der Waals surface area contributed by atoms with Gasteiger partial charge in [0.15, 0.2) is 0 Å². The first-order valence-corrected chi connectivity index (χ1v) is 5.94. The van der Waals surface area contributed by atoms with Crippen molar-refractivity contribution in [3.05, 3.63) is 45.9 Å². The number of carbonyl (C=O) groups is 2. The van der Waals surface area contributed by atoms with Gasteiger partial charge in [-0.2, -0.15) is 0 Å². The average molecular weight is 291 g/mol. The standard InChI is InChI=1S/C9H5N5OS.CH4N2O/c10-14-13-8(15)7-5-16-9(12-7)6-3-1-2-4-11-6;2-1(3)4/h1-5H;(H4,2,3,4). The normalized spacial score (nSPS) is 8.80. The summed E-state index contributed by atoms with van der Waals surface area (Å²) in [6.45, 7) is 0. The Labute approximate surface area is 116 Å². The van der Waals surface area contributed by atoms with Crippen molar-refractivity contribution in [2.75, 3.05) is 0 Å². The van der Waals surface area contributed by atoms with Crippen molar-refractivity contribution in [1.29, 1.82) is 0 Å². The topological polar surface area (TPSA) is 161 Å². The molecule has 2 aromatic rings. The Hall–Kier alpha value is -2.97. The molecule has 20 heavy (non-hydrogen) atoms. The molecule has 2 heterocycles. The highest BCUT2D eigenvalue weighted by atomic mass is 32.1. The number of rotatable bonds is 2. The third kappa shape index (κ3) is 4.72. The van der Waals surface area contributed by atoms with E-state index in [9.17, 15) is 4.79 Å². The zero-order valence-electron chi connectivity index (χ0n) is 10.0. The largest absolute Gasteiger partial charge is 0.352 e. The minimum absolute atomic E-state index is 0.142. The van der Waals surface area contributed by atoms with E-state index >= 15 is 0 Å². The van der Waals surface area contributed by atoms with Gasteiger partial charge in [-0.05, 0) is 22.8 Å². The number of nitrogens with two attached hydrogens (primary N) is 2. The van der Waals surface area contributed by atoms with E-state index in [2.05, 4.69) is 31.5 Å². The zero-order valence-corrected chi connectivity index (χ0v) is 10.8. The first kappa shape index (κ1) is 15.1. The highest BCUT2D eigenvalue weighted by Crippen LogP contribution is 2.21. The Morgan fingerprint density at radius 3 is 2.60 bits per heavy atom. The van der Waals surface area contributed by atoms with E-state index in [0.717, 1.165) is 0 Å². The highest BCUT2D eigenvalue weighted by Gasteiger charge is 2.10. The molecule has 0 aliphatic heterocycles. The molecule has 0 radical (unpaired) electrons. The lowest BCUT2D eigenvalue weighted by molar-refractivity contribution is 0.0996. The van der Waals surface area contributed by atoms with Crippen LogP contribution in [0.3, 0.4) is 0 Å². The van der Waals surface area contributed by atoms with Crippen LogP contribution in [0, 0.1) is 0 Å². The molecule has 2 aromatic heterocycles. The number of primary amides is 2. The van der Waals surface area contributed by atoms with Crippen LogP contribution in [0.5, 0.6) is 0 Å². The molecular formula is C10H9N7O2S. The van der Waals surface area contributed by atoms with E-state index in [1.165, 1.54) is 11.3 Å². The first-order valence-electron chi connectivity index (χ1n) is 5.06. The van der Waals surface area contributed by atoms with E-state index in [1.807, 2.05) is 6.07 Å². The van der Waals surface area contributed by atoms with Crippen molar-refractivity contribution in [3.63, 3.8) is 0 Å². The van der Waals surface area contributed by atoms with Gasteiger partial charge in [0.25, 0.3) is 5.91 Å². The molecule has 0 saturated carbocycles. The van der Waals surface area contributed by atoms with E-state index in [-0.39, 0.29) is 5.69 Å². The van der Waals surface area contributed by atoms with Gasteiger partial charge in [0, 0.05) is 16.5 Å². The summed E-state index contributed by atoms with van der Waals surface area (Å²) in [5.41, 5.74) is 17.5. The predicted octanol–water partition coefficient (Wildman–Crippen LogP) is 1.68. The summed E-state index contributed by atoms with van der Waals surface area (Å²) in [5.74, 6) is -0.680. The maximum Gasteiger partial charge on any atom is 0.309 e. The summed E-state index contributed by atoms with van der Waals surface area (Å²) < 4.78 is 0. The van der Waals surface area contributed by atoms with Crippen LogP contribution >= 0.6 is 11.3 Å². The number of carbonyl (C=O) groups excluding carboxylic acids is 2. The smallest absolute Gasteiger partial charge is 0.309 e. The molecular weight excluding hydrogens is 282 g/mol. The molecule has 0 aliphatic rings. The Kier molecular flexibility index (Phi) is 5.63. The number of hydrogen-bond acceptors (Lipinski definition) is 5. The second-order valence-corrected chi connectivity index (χ2v) is 4.01. The second-order valence-electron chi connectivity index (χ2n) is 3.15. The zero-order chi connectivity index (χ0) is 15.0. The lowest BCUT2D eigenvalue weighted by atomic mass is 10.4. The van der Waals surface area contributed by atoms with Crippen LogP contribution in [0.25, 0.3) is 21.1 Å². The van der Waals surface area contributed by atoms with Crippen molar-refractivity contribution >= 4 is 23.3 Å². The van der Waals surface area contributed by atoms with Gasteiger partial charge in [-0.15, -0.1) is 11.3 Å². The number of amides is 3. The number of aromatic nitrogens is 2. The van der Waals surface area contributed by atoms with Gasteiger partial charge in [0.2, 0.25) is 0 Å². The van der Waals surface area contributed by atoms with Crippen LogP contribution < -0.4 is 11.5 Å². The molecule has 102 valence electrons. The van der Waals surface area contributed by atoms with Gasteiger partial charge in [-0.25, -0.2) is 9.78 Å². The van der Waals surface area contributed by atoms with Crippen LogP contribution in [-0.2, 0) is 0 Å². The molecule has 0 unspecified atom stereocenters. The third-order valence-corrected chi connectivity index (χ3v) is 2.61. The lowest BCUT2D eigenvalue weighted by Gasteiger charge is -1.91. The molecule has 0 saturated heterocycles. The molecule has 2 rings (SSSR count). The molecule has 0 spiro atoms. The Balaban J connectivity index is 0.000000444. The van der Waals surface area contributed by atoms with Gasteiger partial charge in [-0.1, -0.05) is 6.07 Å². The summed E-state index contributed by atoms with van der Waals surface area (Å²) >= 11 is 1.28. The monoisotopic (exact) mass is 291 g/mol. The number of nitrogens with zero attached hydrogens (tertiary/aromatic N) is 5. The maximum absolute atomic E-state index is 11.2. The van der Waals surface area contributed by atoms with Crippen molar-refractivity contribution in [1.82, 2.24) is 9.97 Å². The minimum atomic E-state index is -0.833. The van der Waals surface area contributed by atoms with Crippen molar-refractivity contribution in [3.8, 4) is 10.7 Å². The molecule has 0 aliphatic carbocycles. The first-order chi connectivity index (χ1) is 9.54. The summed E-state index contributed by atoms with van der Waals surface area (Å²) in [7, 11) is 0. The van der Waals surface area contributed by atoms with Crippen molar-refractivity contribution in [2.24, 2.45) is 16.6 Å². The highest BCUT2D eigenvalue weighted by molar-refractivity contribution is 7.13. The molecule has 10 heteroatoms. The quantitative estimate of drug-likeness (QED) is 0.489. The van der Waals surface area contributed by atoms with Crippen molar-refractivity contribution in [2.45, 2.75) is 0 Å². The molecule has 4 N–H and O–H groups in total. The van der Waals surface area contributed by atoms with Crippen LogP contribution in [0.4, 0.5) is 4.79 Å². The second kappa shape index (κ2) is 7.46. The van der Waals surface area contributed by atoms with Gasteiger partial charge in [0.1, 0.15) is 10.7 Å². The van der Waals surface area contributed by atoms with Crippen molar-refractivity contribution < 1.29 is 9.59 Å². The molecule has 0 fully saturated rings. The fraction of sp³-hybridized carbons (Fsp3) is 0. The fourth-order valence-corrected chi connectivity index (χ4v) is 1.84. The van der Waals surface area contributed by atoms with Gasteiger partial charge in [0.05, 0.1) is 5.69 Å². The molecule has 3 amide bonds. The number of pyridine rings is 1. The van der Waals surface area contributed by atoms with E-state index in [0.29, 0.717) is 10.7 Å². The third-order valence-electron chi connectivity index (χ3n) is 1.74. The molecule has 0 bridgehead atoms. The molecule has 9 nitrogen and oxygen atoms in total. The van der Waals surface area contributed by atoms with Crippen LogP contribution in [-0.4, -0.2) is 21.9 Å². The summed E-state index contributed by atoms with van der Waals surface area (Å²) in [6.07, 6.45) is 1.64. The van der Waals surface area contributed by atoms with E-state index < -0.39 is 11.9 Å². The lowest BCUT2D eigenvalue weighted by Crippen LogP contribution is -2.18. The number of azide groups is 1. The maximum atomic E-state index is 11.2. The van der Waals surface area contributed by atoms with E-state index in [1.54, 1.807) is 23.7 Å². The molecule has 0 atom stereocenters. The Bertz CT molecular complexity index is 645. The van der Waals surface area contributed by atoms with Gasteiger partial charge in [-0.3, -0.25) is 9.78 Å². The summed E-state index contributed by atoms with van der Waals surface area (Å²) in [4.78, 5) is 30.8. The van der Waals surface area contributed by atoms with Crippen LogP contribution in [0.1, 0.15) is 10.5 Å². The van der Waals surface area contributed by atoms with Gasteiger partial charge >= 0.3 is 6.03 Å². The van der Waals surface area contributed by atoms with Crippen LogP contribution in [0.2, 0.25) is 0 Å².